The predicted molar refractivity (Wildman–Crippen MR) is 90.5 cm³/mol. The molecule has 0 heterocycles. The zero-order valence-corrected chi connectivity index (χ0v) is 13.4. The molecule has 0 aliphatic heterocycles. The highest BCUT2D eigenvalue weighted by Gasteiger charge is 2.23. The van der Waals surface area contributed by atoms with Gasteiger partial charge in [0.1, 0.15) is 0 Å². The van der Waals surface area contributed by atoms with Crippen molar-refractivity contribution >= 4 is 17.5 Å². The monoisotopic (exact) mass is 313 g/mol. The van der Waals surface area contributed by atoms with Gasteiger partial charge < -0.3 is 16.5 Å². The van der Waals surface area contributed by atoms with E-state index in [9.17, 15) is 9.59 Å². The third-order valence-electron chi connectivity index (χ3n) is 4.00. The first kappa shape index (κ1) is 16.9. The summed E-state index contributed by atoms with van der Waals surface area (Å²) >= 11 is 0. The van der Waals surface area contributed by atoms with Crippen molar-refractivity contribution in [3.8, 4) is 0 Å². The number of hydrogen-bond acceptors (Lipinski definition) is 3. The van der Waals surface area contributed by atoms with Crippen molar-refractivity contribution in [2.24, 2.45) is 5.73 Å². The summed E-state index contributed by atoms with van der Waals surface area (Å²) in [6.07, 6.45) is 5.10. The summed E-state index contributed by atoms with van der Waals surface area (Å²) in [5.74, 6) is -0.673. The third kappa shape index (κ3) is 4.77. The van der Waals surface area contributed by atoms with Gasteiger partial charge in [-0.15, -0.1) is 0 Å². The van der Waals surface area contributed by atoms with Gasteiger partial charge in [-0.2, -0.15) is 0 Å². The molecule has 0 radical (unpaired) electrons. The first-order chi connectivity index (χ1) is 11.0. The Labute approximate surface area is 136 Å². The van der Waals surface area contributed by atoms with Gasteiger partial charge in [0.15, 0.2) is 0 Å². The molecule has 4 N–H and O–H groups in total. The molecule has 1 atom stereocenters. The van der Waals surface area contributed by atoms with Crippen LogP contribution in [0.1, 0.15) is 48.5 Å². The summed E-state index contributed by atoms with van der Waals surface area (Å²) in [5, 5.41) is 10.8. The number of nitrogens with one attached hydrogen (secondary N) is 2. The highest BCUT2D eigenvalue weighted by molar-refractivity contribution is 6.04. The fourth-order valence-electron chi connectivity index (χ4n) is 2.79. The molecule has 1 aromatic rings. The number of carbonyl (C=O) groups excluding carboxylic acids is 2. The second kappa shape index (κ2) is 7.72. The maximum absolute atomic E-state index is 12.3. The average Bonchev–Trinajstić information content (AvgIpc) is 2.51. The first-order valence-corrected chi connectivity index (χ1v) is 7.97. The van der Waals surface area contributed by atoms with Crippen molar-refractivity contribution in [2.45, 2.75) is 45.1 Å². The lowest BCUT2D eigenvalue weighted by Gasteiger charge is -2.25. The lowest BCUT2D eigenvalue weighted by molar-refractivity contribution is -0.113. The van der Waals surface area contributed by atoms with E-state index < -0.39 is 5.91 Å². The number of amides is 2. The van der Waals surface area contributed by atoms with Crippen molar-refractivity contribution in [3.05, 3.63) is 47.0 Å². The van der Waals surface area contributed by atoms with E-state index in [-0.39, 0.29) is 11.9 Å². The zero-order valence-electron chi connectivity index (χ0n) is 13.4. The van der Waals surface area contributed by atoms with Crippen molar-refractivity contribution < 1.29 is 9.59 Å². The standard InChI is InChI=1S/C18H23N3O2/c1-2-3-12-4-6-13(7-5-12)18(23)21-15-8-9-16(19)14(10-15)11-17(20)22/h4-7,11,15,19H,2-3,8-10H2,1H3,(H2,20,22)(H,21,23)/b14-11-,19-16?. The van der Waals surface area contributed by atoms with Gasteiger partial charge in [-0.05, 0) is 49.0 Å². The molecule has 2 amide bonds. The van der Waals surface area contributed by atoms with E-state index in [1.807, 2.05) is 24.3 Å². The summed E-state index contributed by atoms with van der Waals surface area (Å²) in [4.78, 5) is 23.3. The van der Waals surface area contributed by atoms with Crippen molar-refractivity contribution in [1.82, 2.24) is 5.32 Å². The number of benzene rings is 1. The van der Waals surface area contributed by atoms with Crippen molar-refractivity contribution in [2.75, 3.05) is 0 Å². The Morgan fingerprint density at radius 1 is 1.35 bits per heavy atom. The summed E-state index contributed by atoms with van der Waals surface area (Å²) in [6, 6.07) is 7.56. The molecule has 2 rings (SSSR count). The number of rotatable bonds is 5. The second-order valence-electron chi connectivity index (χ2n) is 5.91. The normalized spacial score (nSPS) is 19.6. The number of nitrogens with two attached hydrogens (primary N) is 1. The Kier molecular flexibility index (Phi) is 5.68. The van der Waals surface area contributed by atoms with Crippen LogP contribution in [0.15, 0.2) is 35.9 Å². The van der Waals surface area contributed by atoms with E-state index in [1.165, 1.54) is 11.6 Å². The molecule has 0 aromatic heterocycles. The second-order valence-corrected chi connectivity index (χ2v) is 5.91. The topological polar surface area (TPSA) is 96.0 Å². The first-order valence-electron chi connectivity index (χ1n) is 7.97. The van der Waals surface area contributed by atoms with E-state index >= 15 is 0 Å². The van der Waals surface area contributed by atoms with Crippen LogP contribution in [0.2, 0.25) is 0 Å². The lowest BCUT2D eigenvalue weighted by atomic mass is 9.88. The Morgan fingerprint density at radius 2 is 2.04 bits per heavy atom. The Hall–Kier alpha value is -2.43. The predicted octanol–water partition coefficient (Wildman–Crippen LogP) is 2.35. The van der Waals surface area contributed by atoms with Crippen molar-refractivity contribution in [3.63, 3.8) is 0 Å². The summed E-state index contributed by atoms with van der Waals surface area (Å²) in [6.45, 7) is 2.12. The maximum atomic E-state index is 12.3. The highest BCUT2D eigenvalue weighted by atomic mass is 16.2. The summed E-state index contributed by atoms with van der Waals surface area (Å²) in [5.41, 5.74) is 8.06. The number of aryl methyl sites for hydroxylation is 1. The van der Waals surface area contributed by atoms with E-state index in [2.05, 4.69) is 12.2 Å². The highest BCUT2D eigenvalue weighted by Crippen LogP contribution is 2.21. The van der Waals surface area contributed by atoms with Crippen LogP contribution in [0.5, 0.6) is 0 Å². The maximum Gasteiger partial charge on any atom is 0.251 e. The molecule has 1 fully saturated rings. The number of primary amides is 1. The minimum atomic E-state index is -0.553. The number of hydrogen-bond donors (Lipinski definition) is 3. The SMILES string of the molecule is CCCc1ccc(C(=O)NC2CCC(=N)/C(=C\C(N)=O)C2)cc1. The molecular formula is C18H23N3O2. The Bertz CT molecular complexity index is 632. The van der Waals surface area contributed by atoms with Crippen LogP contribution in [0.3, 0.4) is 0 Å². The minimum absolute atomic E-state index is 0.0717. The molecule has 1 aliphatic rings. The quantitative estimate of drug-likeness (QED) is 0.727. The number of carbonyl (C=O) groups is 2. The Morgan fingerprint density at radius 3 is 2.65 bits per heavy atom. The molecule has 0 saturated heterocycles. The van der Waals surface area contributed by atoms with Gasteiger partial charge in [-0.1, -0.05) is 25.5 Å². The molecular weight excluding hydrogens is 290 g/mol. The van der Waals surface area contributed by atoms with Gasteiger partial charge in [0.2, 0.25) is 5.91 Å². The Balaban J connectivity index is 1.99. The fraction of sp³-hybridized carbons (Fsp3) is 0.389. The van der Waals surface area contributed by atoms with Gasteiger partial charge >= 0.3 is 0 Å². The molecule has 1 saturated carbocycles. The molecule has 5 heteroatoms. The summed E-state index contributed by atoms with van der Waals surface area (Å²) < 4.78 is 0. The van der Waals surface area contributed by atoms with Crippen molar-refractivity contribution in [1.29, 1.82) is 5.41 Å². The molecule has 1 aromatic carbocycles. The van der Waals surface area contributed by atoms with Gasteiger partial charge in [0.25, 0.3) is 5.91 Å². The van der Waals surface area contributed by atoms with Crippen LogP contribution in [-0.4, -0.2) is 23.6 Å². The van der Waals surface area contributed by atoms with Crippen LogP contribution in [0, 0.1) is 5.41 Å². The average molecular weight is 313 g/mol. The zero-order chi connectivity index (χ0) is 16.8. The molecule has 0 bridgehead atoms. The molecule has 1 aliphatic carbocycles. The van der Waals surface area contributed by atoms with E-state index in [4.69, 9.17) is 11.1 Å². The van der Waals surface area contributed by atoms with Gasteiger partial charge in [0, 0.05) is 23.4 Å². The fourth-order valence-corrected chi connectivity index (χ4v) is 2.79. The van der Waals surface area contributed by atoms with Gasteiger partial charge in [-0.3, -0.25) is 9.59 Å². The third-order valence-corrected chi connectivity index (χ3v) is 4.00. The van der Waals surface area contributed by atoms with Gasteiger partial charge in [0.05, 0.1) is 0 Å². The molecule has 5 nitrogen and oxygen atoms in total. The molecule has 122 valence electrons. The van der Waals surface area contributed by atoms with E-state index in [0.717, 1.165) is 12.8 Å². The van der Waals surface area contributed by atoms with Crippen LogP contribution >= 0.6 is 0 Å². The summed E-state index contributed by atoms with van der Waals surface area (Å²) in [7, 11) is 0. The van der Waals surface area contributed by atoms with Crippen LogP contribution < -0.4 is 11.1 Å². The van der Waals surface area contributed by atoms with Crippen LogP contribution in [0.4, 0.5) is 0 Å². The van der Waals surface area contributed by atoms with E-state index in [0.29, 0.717) is 36.1 Å². The van der Waals surface area contributed by atoms with Gasteiger partial charge in [-0.25, -0.2) is 0 Å². The van der Waals surface area contributed by atoms with Crippen LogP contribution in [-0.2, 0) is 11.2 Å². The molecule has 0 spiro atoms. The lowest BCUT2D eigenvalue weighted by Crippen LogP contribution is -2.38. The molecule has 1 unspecified atom stereocenters. The van der Waals surface area contributed by atoms with E-state index in [1.54, 1.807) is 0 Å². The minimum Gasteiger partial charge on any atom is -0.366 e. The largest absolute Gasteiger partial charge is 0.366 e. The molecule has 23 heavy (non-hydrogen) atoms. The van der Waals surface area contributed by atoms with Crippen LogP contribution in [0.25, 0.3) is 0 Å². The smallest absolute Gasteiger partial charge is 0.251 e.